The first-order valence-corrected chi connectivity index (χ1v) is 5.34. The maximum absolute atomic E-state index is 5.61. The quantitative estimate of drug-likeness (QED) is 0.799. The third kappa shape index (κ3) is 3.97. The van der Waals surface area contributed by atoms with E-state index in [-0.39, 0.29) is 5.54 Å². The van der Waals surface area contributed by atoms with Crippen molar-refractivity contribution >= 4 is 0 Å². The molecule has 2 nitrogen and oxygen atoms in total. The van der Waals surface area contributed by atoms with Crippen LogP contribution in [-0.2, 0) is 12.8 Å². The maximum Gasteiger partial charge on any atom is 0.105 e. The van der Waals surface area contributed by atoms with Crippen molar-refractivity contribution in [1.82, 2.24) is 5.32 Å². The topological polar surface area (TPSA) is 25.2 Å². The van der Waals surface area contributed by atoms with Crippen LogP contribution >= 0.6 is 0 Å². The van der Waals surface area contributed by atoms with Gasteiger partial charge in [0.2, 0.25) is 0 Å². The molecule has 0 aliphatic rings. The van der Waals surface area contributed by atoms with Gasteiger partial charge >= 0.3 is 0 Å². The Morgan fingerprint density at radius 3 is 2.36 bits per heavy atom. The minimum Gasteiger partial charge on any atom is -0.466 e. The fraction of sp³-hybridized carbons (Fsp3) is 0.667. The Labute approximate surface area is 86.7 Å². The molecule has 1 rings (SSSR count). The van der Waals surface area contributed by atoms with Crippen LogP contribution in [0.5, 0.6) is 0 Å². The fourth-order valence-corrected chi connectivity index (χ4v) is 1.31. The van der Waals surface area contributed by atoms with Crippen LogP contribution in [0, 0.1) is 0 Å². The van der Waals surface area contributed by atoms with Crippen molar-refractivity contribution in [3.05, 3.63) is 23.7 Å². The van der Waals surface area contributed by atoms with Crippen molar-refractivity contribution in [2.24, 2.45) is 0 Å². The lowest BCUT2D eigenvalue weighted by Gasteiger charge is -2.19. The monoisotopic (exact) mass is 195 g/mol. The highest BCUT2D eigenvalue weighted by Crippen LogP contribution is 2.09. The Balaban J connectivity index is 2.31. The lowest BCUT2D eigenvalue weighted by atomic mass is 10.1. The molecule has 0 aliphatic carbocycles. The molecule has 14 heavy (non-hydrogen) atoms. The summed E-state index contributed by atoms with van der Waals surface area (Å²) in [5.74, 6) is 2.16. The van der Waals surface area contributed by atoms with E-state index in [2.05, 4.69) is 45.1 Å². The molecule has 1 aromatic rings. The maximum atomic E-state index is 5.61. The molecule has 0 aliphatic heterocycles. The minimum atomic E-state index is 0.195. The van der Waals surface area contributed by atoms with E-state index in [1.54, 1.807) is 0 Å². The van der Waals surface area contributed by atoms with E-state index < -0.39 is 0 Å². The van der Waals surface area contributed by atoms with Gasteiger partial charge in [0.1, 0.15) is 11.5 Å². The molecule has 0 atom stereocenters. The standard InChI is InChI=1S/C12H21NO/c1-5-10-6-7-11(14-10)8-9-13-12(2,3)4/h6-7,13H,5,8-9H2,1-4H3. The van der Waals surface area contributed by atoms with Crippen LogP contribution in [0.3, 0.4) is 0 Å². The predicted molar refractivity (Wildman–Crippen MR) is 59.5 cm³/mol. The van der Waals surface area contributed by atoms with Gasteiger partial charge in [-0.2, -0.15) is 0 Å². The number of aryl methyl sites for hydroxylation is 1. The number of hydrogen-bond donors (Lipinski definition) is 1. The Kier molecular flexibility index (Phi) is 3.76. The summed E-state index contributed by atoms with van der Waals surface area (Å²) in [6.07, 6.45) is 1.95. The van der Waals surface area contributed by atoms with E-state index in [4.69, 9.17) is 4.42 Å². The van der Waals surface area contributed by atoms with Crippen LogP contribution in [0.25, 0.3) is 0 Å². The predicted octanol–water partition coefficient (Wildman–Crippen LogP) is 2.77. The molecule has 1 N–H and O–H groups in total. The summed E-state index contributed by atoms with van der Waals surface area (Å²) in [5.41, 5.74) is 0.195. The van der Waals surface area contributed by atoms with Gasteiger partial charge in [-0.05, 0) is 32.9 Å². The van der Waals surface area contributed by atoms with Crippen molar-refractivity contribution < 1.29 is 4.42 Å². The van der Waals surface area contributed by atoms with Crippen LogP contribution in [0.1, 0.15) is 39.2 Å². The van der Waals surface area contributed by atoms with E-state index in [9.17, 15) is 0 Å². The molecule has 0 saturated heterocycles. The summed E-state index contributed by atoms with van der Waals surface area (Å²) in [4.78, 5) is 0. The fourth-order valence-electron chi connectivity index (χ4n) is 1.31. The van der Waals surface area contributed by atoms with E-state index in [1.165, 1.54) is 0 Å². The first-order chi connectivity index (χ1) is 6.51. The van der Waals surface area contributed by atoms with Crippen molar-refractivity contribution in [3.8, 4) is 0 Å². The average molecular weight is 195 g/mol. The number of furan rings is 1. The Morgan fingerprint density at radius 2 is 1.86 bits per heavy atom. The Bertz CT molecular complexity index is 270. The summed E-state index contributed by atoms with van der Waals surface area (Å²) in [6.45, 7) is 9.60. The van der Waals surface area contributed by atoms with Gasteiger partial charge in [0.25, 0.3) is 0 Å². The van der Waals surface area contributed by atoms with Gasteiger partial charge < -0.3 is 9.73 Å². The van der Waals surface area contributed by atoms with E-state index >= 15 is 0 Å². The Hall–Kier alpha value is -0.760. The van der Waals surface area contributed by atoms with Gasteiger partial charge in [-0.25, -0.2) is 0 Å². The van der Waals surface area contributed by atoms with Crippen molar-refractivity contribution in [2.75, 3.05) is 6.54 Å². The van der Waals surface area contributed by atoms with Gasteiger partial charge in [-0.1, -0.05) is 6.92 Å². The molecule has 80 valence electrons. The highest BCUT2D eigenvalue weighted by Gasteiger charge is 2.08. The zero-order valence-electron chi connectivity index (χ0n) is 9.68. The zero-order chi connectivity index (χ0) is 10.6. The summed E-state index contributed by atoms with van der Waals surface area (Å²) in [5, 5.41) is 3.44. The van der Waals surface area contributed by atoms with Gasteiger partial charge in [-0.15, -0.1) is 0 Å². The molecule has 1 aromatic heterocycles. The first-order valence-electron chi connectivity index (χ1n) is 5.34. The smallest absolute Gasteiger partial charge is 0.105 e. The van der Waals surface area contributed by atoms with Crippen molar-refractivity contribution in [2.45, 2.75) is 46.1 Å². The normalized spacial score (nSPS) is 12.0. The second kappa shape index (κ2) is 4.65. The summed E-state index contributed by atoms with van der Waals surface area (Å²) >= 11 is 0. The molecule has 2 heteroatoms. The third-order valence-electron chi connectivity index (χ3n) is 2.09. The van der Waals surface area contributed by atoms with Gasteiger partial charge in [0, 0.05) is 24.9 Å². The first kappa shape index (κ1) is 11.3. The molecule has 0 amide bonds. The van der Waals surface area contributed by atoms with E-state index in [0.29, 0.717) is 0 Å². The molecule has 0 bridgehead atoms. The number of hydrogen-bond acceptors (Lipinski definition) is 2. The lowest BCUT2D eigenvalue weighted by Crippen LogP contribution is -2.37. The van der Waals surface area contributed by atoms with Crippen LogP contribution < -0.4 is 5.32 Å². The Morgan fingerprint density at radius 1 is 1.21 bits per heavy atom. The molecule has 0 unspecified atom stereocenters. The molecular formula is C12H21NO. The zero-order valence-corrected chi connectivity index (χ0v) is 9.68. The van der Waals surface area contributed by atoms with Crippen molar-refractivity contribution in [3.63, 3.8) is 0 Å². The molecular weight excluding hydrogens is 174 g/mol. The van der Waals surface area contributed by atoms with Gasteiger partial charge in [0.15, 0.2) is 0 Å². The highest BCUT2D eigenvalue weighted by atomic mass is 16.3. The lowest BCUT2D eigenvalue weighted by molar-refractivity contribution is 0.408. The third-order valence-corrected chi connectivity index (χ3v) is 2.09. The number of nitrogens with one attached hydrogen (secondary N) is 1. The van der Waals surface area contributed by atoms with E-state index in [0.717, 1.165) is 30.9 Å². The summed E-state index contributed by atoms with van der Waals surface area (Å²) < 4.78 is 5.61. The second-order valence-corrected chi connectivity index (χ2v) is 4.65. The minimum absolute atomic E-state index is 0.195. The van der Waals surface area contributed by atoms with Crippen LogP contribution in [0.2, 0.25) is 0 Å². The molecule has 0 radical (unpaired) electrons. The van der Waals surface area contributed by atoms with Gasteiger partial charge in [0.05, 0.1) is 0 Å². The van der Waals surface area contributed by atoms with Gasteiger partial charge in [-0.3, -0.25) is 0 Å². The summed E-state index contributed by atoms with van der Waals surface area (Å²) in [6, 6.07) is 4.13. The van der Waals surface area contributed by atoms with Crippen LogP contribution in [-0.4, -0.2) is 12.1 Å². The van der Waals surface area contributed by atoms with Crippen molar-refractivity contribution in [1.29, 1.82) is 0 Å². The average Bonchev–Trinajstić information content (AvgIpc) is 2.50. The SMILES string of the molecule is CCc1ccc(CCNC(C)(C)C)o1. The second-order valence-electron chi connectivity index (χ2n) is 4.65. The summed E-state index contributed by atoms with van der Waals surface area (Å²) in [7, 11) is 0. The molecule has 0 saturated carbocycles. The highest BCUT2D eigenvalue weighted by molar-refractivity contribution is 5.07. The largest absolute Gasteiger partial charge is 0.466 e. The molecule has 0 spiro atoms. The van der Waals surface area contributed by atoms with Crippen LogP contribution in [0.15, 0.2) is 16.5 Å². The van der Waals surface area contributed by atoms with Crippen LogP contribution in [0.4, 0.5) is 0 Å². The molecule has 1 heterocycles. The number of rotatable bonds is 4. The molecule has 0 fully saturated rings. The molecule has 0 aromatic carbocycles. The van der Waals surface area contributed by atoms with E-state index in [1.807, 2.05) is 0 Å².